The van der Waals surface area contributed by atoms with Crippen molar-refractivity contribution < 1.29 is 4.42 Å². The van der Waals surface area contributed by atoms with Crippen molar-refractivity contribution >= 4 is 0 Å². The molecule has 2 unspecified atom stereocenters. The highest BCUT2D eigenvalue weighted by Gasteiger charge is 2.19. The van der Waals surface area contributed by atoms with E-state index in [4.69, 9.17) is 4.42 Å². The molecule has 2 aromatic carbocycles. The van der Waals surface area contributed by atoms with Crippen molar-refractivity contribution in [3.8, 4) is 5.69 Å². The van der Waals surface area contributed by atoms with Crippen molar-refractivity contribution in [2.24, 2.45) is 0 Å². The molecule has 5 nitrogen and oxygen atoms in total. The Balaban J connectivity index is 1.56. The molecule has 0 bridgehead atoms. The number of rotatable bonds is 6. The van der Waals surface area contributed by atoms with Crippen LogP contribution in [0.3, 0.4) is 0 Å². The highest BCUT2D eigenvalue weighted by molar-refractivity contribution is 5.35. The van der Waals surface area contributed by atoms with E-state index in [1.54, 1.807) is 17.3 Å². The van der Waals surface area contributed by atoms with Gasteiger partial charge in [-0.25, -0.2) is 9.67 Å². The Morgan fingerprint density at radius 2 is 1.73 bits per heavy atom. The predicted octanol–water partition coefficient (Wildman–Crippen LogP) is 4.30. The van der Waals surface area contributed by atoms with Crippen LogP contribution in [-0.4, -0.2) is 14.8 Å². The number of benzene rings is 2. The number of furan rings is 1. The zero-order valence-corrected chi connectivity index (χ0v) is 14.5. The van der Waals surface area contributed by atoms with Crippen LogP contribution in [-0.2, 0) is 0 Å². The Hall–Kier alpha value is -3.18. The van der Waals surface area contributed by atoms with Gasteiger partial charge in [-0.05, 0) is 42.3 Å². The van der Waals surface area contributed by atoms with E-state index in [1.807, 2.05) is 42.5 Å². The maximum atomic E-state index is 5.67. The first kappa shape index (κ1) is 16.3. The van der Waals surface area contributed by atoms with Gasteiger partial charge in [-0.3, -0.25) is 5.32 Å². The monoisotopic (exact) mass is 344 g/mol. The van der Waals surface area contributed by atoms with Gasteiger partial charge in [0.25, 0.3) is 0 Å². The van der Waals surface area contributed by atoms with Crippen molar-refractivity contribution in [2.45, 2.75) is 19.0 Å². The summed E-state index contributed by atoms with van der Waals surface area (Å²) in [5.41, 5.74) is 3.36. The van der Waals surface area contributed by atoms with E-state index < -0.39 is 0 Å². The fraction of sp³-hybridized carbons (Fsp3) is 0.143. The summed E-state index contributed by atoms with van der Waals surface area (Å²) in [6.07, 6.45) is 4.94. The smallest absolute Gasteiger partial charge is 0.138 e. The van der Waals surface area contributed by atoms with Crippen LogP contribution in [0.5, 0.6) is 0 Å². The summed E-state index contributed by atoms with van der Waals surface area (Å²) < 4.78 is 7.42. The van der Waals surface area contributed by atoms with Gasteiger partial charge in [0.2, 0.25) is 0 Å². The third-order valence-corrected chi connectivity index (χ3v) is 4.45. The summed E-state index contributed by atoms with van der Waals surface area (Å²) in [7, 11) is 0. The topological polar surface area (TPSA) is 55.9 Å². The first-order chi connectivity index (χ1) is 12.8. The summed E-state index contributed by atoms with van der Waals surface area (Å²) in [6.45, 7) is 2.16. The van der Waals surface area contributed by atoms with Crippen LogP contribution in [0.2, 0.25) is 0 Å². The SMILES string of the molecule is CC(NC(c1ccccc1)c1ccco1)c1ccc(-n2cncn2)cc1. The number of hydrogen-bond acceptors (Lipinski definition) is 4. The van der Waals surface area contributed by atoms with Gasteiger partial charge in [-0.15, -0.1) is 0 Å². The Morgan fingerprint density at radius 3 is 2.38 bits per heavy atom. The highest BCUT2D eigenvalue weighted by atomic mass is 16.3. The van der Waals surface area contributed by atoms with Gasteiger partial charge in [0, 0.05) is 6.04 Å². The van der Waals surface area contributed by atoms with Gasteiger partial charge in [0.15, 0.2) is 0 Å². The molecule has 26 heavy (non-hydrogen) atoms. The fourth-order valence-electron chi connectivity index (χ4n) is 3.05. The Labute approximate surface area is 152 Å². The van der Waals surface area contributed by atoms with Gasteiger partial charge >= 0.3 is 0 Å². The fourth-order valence-corrected chi connectivity index (χ4v) is 3.05. The van der Waals surface area contributed by atoms with E-state index in [-0.39, 0.29) is 12.1 Å². The van der Waals surface area contributed by atoms with Crippen molar-refractivity contribution in [2.75, 3.05) is 0 Å². The van der Waals surface area contributed by atoms with Gasteiger partial charge in [-0.2, -0.15) is 5.10 Å². The minimum atomic E-state index is -0.00353. The minimum absolute atomic E-state index is 0.00353. The predicted molar refractivity (Wildman–Crippen MR) is 99.9 cm³/mol. The van der Waals surface area contributed by atoms with E-state index in [0.717, 1.165) is 11.4 Å². The molecule has 4 aromatic rings. The Morgan fingerprint density at radius 1 is 0.923 bits per heavy atom. The normalized spacial score (nSPS) is 13.4. The average Bonchev–Trinajstić information content (AvgIpc) is 3.41. The summed E-state index contributed by atoms with van der Waals surface area (Å²) in [4.78, 5) is 3.99. The zero-order chi connectivity index (χ0) is 17.8. The van der Waals surface area contributed by atoms with Gasteiger partial charge in [-0.1, -0.05) is 42.5 Å². The van der Waals surface area contributed by atoms with Gasteiger partial charge in [0.1, 0.15) is 18.4 Å². The van der Waals surface area contributed by atoms with E-state index in [9.17, 15) is 0 Å². The molecule has 2 heterocycles. The molecular weight excluding hydrogens is 324 g/mol. The summed E-state index contributed by atoms with van der Waals surface area (Å²) >= 11 is 0. The number of nitrogens with one attached hydrogen (secondary N) is 1. The molecule has 2 aromatic heterocycles. The van der Waals surface area contributed by atoms with Crippen LogP contribution in [0.15, 0.2) is 90.1 Å². The van der Waals surface area contributed by atoms with Crippen LogP contribution >= 0.6 is 0 Å². The molecule has 0 amide bonds. The molecule has 4 rings (SSSR count). The third-order valence-electron chi connectivity index (χ3n) is 4.45. The molecule has 0 saturated heterocycles. The minimum Gasteiger partial charge on any atom is -0.467 e. The largest absolute Gasteiger partial charge is 0.467 e. The van der Waals surface area contributed by atoms with E-state index >= 15 is 0 Å². The van der Waals surface area contributed by atoms with Gasteiger partial charge in [0.05, 0.1) is 18.0 Å². The number of aromatic nitrogens is 3. The number of hydrogen-bond donors (Lipinski definition) is 1. The third kappa shape index (κ3) is 3.43. The van der Waals surface area contributed by atoms with Crippen LogP contribution in [0.4, 0.5) is 0 Å². The first-order valence-corrected chi connectivity index (χ1v) is 8.60. The lowest BCUT2D eigenvalue weighted by Gasteiger charge is -2.23. The molecule has 2 atom stereocenters. The molecule has 0 spiro atoms. The van der Waals surface area contributed by atoms with E-state index in [0.29, 0.717) is 0 Å². The summed E-state index contributed by atoms with van der Waals surface area (Å²) in [6, 6.07) is 22.7. The standard InChI is InChI=1S/C21H20N4O/c1-16(17-9-11-19(12-10-17)25-15-22-14-23-25)24-21(20-8-5-13-26-20)18-6-3-2-4-7-18/h2-16,21,24H,1H3. The van der Waals surface area contributed by atoms with Gasteiger partial charge < -0.3 is 4.42 Å². The van der Waals surface area contributed by atoms with Crippen LogP contribution in [0.25, 0.3) is 5.69 Å². The second-order valence-corrected chi connectivity index (χ2v) is 6.18. The second-order valence-electron chi connectivity index (χ2n) is 6.18. The zero-order valence-electron chi connectivity index (χ0n) is 14.5. The van der Waals surface area contributed by atoms with E-state index in [1.165, 1.54) is 17.5 Å². The lowest BCUT2D eigenvalue weighted by molar-refractivity contribution is 0.419. The Kier molecular flexibility index (Phi) is 4.62. The molecule has 0 aliphatic heterocycles. The molecule has 5 heteroatoms. The van der Waals surface area contributed by atoms with Crippen molar-refractivity contribution in [3.05, 3.63) is 103 Å². The highest BCUT2D eigenvalue weighted by Crippen LogP contribution is 2.26. The second kappa shape index (κ2) is 7.37. The van der Waals surface area contributed by atoms with Crippen molar-refractivity contribution in [3.63, 3.8) is 0 Å². The molecule has 1 N–H and O–H groups in total. The van der Waals surface area contributed by atoms with Crippen LogP contribution in [0, 0.1) is 0 Å². The maximum Gasteiger partial charge on any atom is 0.138 e. The first-order valence-electron chi connectivity index (χ1n) is 8.60. The Bertz CT molecular complexity index is 916. The summed E-state index contributed by atoms with van der Waals surface area (Å²) in [5, 5.41) is 7.84. The molecular formula is C21H20N4O. The maximum absolute atomic E-state index is 5.67. The molecule has 0 radical (unpaired) electrons. The van der Waals surface area contributed by atoms with Crippen molar-refractivity contribution in [1.82, 2.24) is 20.1 Å². The molecule has 0 aliphatic rings. The quantitative estimate of drug-likeness (QED) is 0.566. The average molecular weight is 344 g/mol. The van der Waals surface area contributed by atoms with Crippen molar-refractivity contribution in [1.29, 1.82) is 0 Å². The molecule has 0 fully saturated rings. The van der Waals surface area contributed by atoms with Crippen LogP contribution < -0.4 is 5.32 Å². The molecule has 130 valence electrons. The molecule has 0 saturated carbocycles. The lowest BCUT2D eigenvalue weighted by atomic mass is 10.0. The van der Waals surface area contributed by atoms with Crippen LogP contribution in [0.1, 0.15) is 35.9 Å². The lowest BCUT2D eigenvalue weighted by Crippen LogP contribution is -2.25. The summed E-state index contributed by atoms with van der Waals surface area (Å²) in [5.74, 6) is 0.905. The molecule has 0 aliphatic carbocycles. The van der Waals surface area contributed by atoms with E-state index in [2.05, 4.69) is 46.6 Å². The number of nitrogens with zero attached hydrogens (tertiary/aromatic N) is 3.